The Morgan fingerprint density at radius 2 is 2.04 bits per heavy atom. The molecule has 1 saturated heterocycles. The van der Waals surface area contributed by atoms with E-state index in [-0.39, 0.29) is 19.3 Å². The van der Waals surface area contributed by atoms with E-state index < -0.39 is 33.6 Å². The Labute approximate surface area is 135 Å². The first-order valence-electron chi connectivity index (χ1n) is 7.08. The minimum absolute atomic E-state index is 0.0336. The highest BCUT2D eigenvalue weighted by Crippen LogP contribution is 2.33. The van der Waals surface area contributed by atoms with Crippen molar-refractivity contribution in [1.29, 1.82) is 0 Å². The van der Waals surface area contributed by atoms with E-state index >= 15 is 0 Å². The molecule has 0 amide bonds. The van der Waals surface area contributed by atoms with Crippen LogP contribution >= 0.6 is 0 Å². The Hall–Kier alpha value is -1.93. The Morgan fingerprint density at radius 1 is 1.39 bits per heavy atom. The van der Waals surface area contributed by atoms with Gasteiger partial charge in [-0.3, -0.25) is 4.79 Å². The van der Waals surface area contributed by atoms with Gasteiger partial charge in [0.05, 0.1) is 25.8 Å². The fourth-order valence-corrected chi connectivity index (χ4v) is 3.50. The van der Waals surface area contributed by atoms with Crippen LogP contribution in [0.1, 0.15) is 18.4 Å². The van der Waals surface area contributed by atoms with Crippen molar-refractivity contribution in [2.45, 2.75) is 30.9 Å². The van der Waals surface area contributed by atoms with Crippen LogP contribution in [-0.2, 0) is 35.5 Å². The van der Waals surface area contributed by atoms with E-state index in [2.05, 4.69) is 4.72 Å². The molecule has 1 fully saturated rings. The molecule has 126 valence electrons. The van der Waals surface area contributed by atoms with Crippen LogP contribution in [0.5, 0.6) is 0 Å². The third-order valence-electron chi connectivity index (χ3n) is 3.73. The van der Waals surface area contributed by atoms with Crippen LogP contribution < -0.4 is 4.72 Å². The van der Waals surface area contributed by atoms with Crippen LogP contribution in [0, 0.1) is 0 Å². The molecular formula is C15H19NO6S. The molecule has 1 aliphatic heterocycles. The van der Waals surface area contributed by atoms with Crippen LogP contribution in [-0.4, -0.2) is 45.4 Å². The number of nitrogens with one attached hydrogen (secondary N) is 1. The van der Waals surface area contributed by atoms with Crippen molar-refractivity contribution in [3.05, 3.63) is 35.9 Å². The van der Waals surface area contributed by atoms with E-state index in [0.717, 1.165) is 11.8 Å². The molecule has 2 atom stereocenters. The fourth-order valence-electron chi connectivity index (χ4n) is 2.71. The highest BCUT2D eigenvalue weighted by Gasteiger charge is 2.55. The number of benzene rings is 1. The number of esters is 2. The zero-order chi connectivity index (χ0) is 17.1. The summed E-state index contributed by atoms with van der Waals surface area (Å²) in [5, 5.41) is 0. The van der Waals surface area contributed by atoms with Crippen LogP contribution in [0.3, 0.4) is 0 Å². The molecule has 23 heavy (non-hydrogen) atoms. The summed E-state index contributed by atoms with van der Waals surface area (Å²) in [7, 11) is -2.45. The van der Waals surface area contributed by atoms with Gasteiger partial charge in [0.15, 0.2) is 0 Å². The molecule has 1 aromatic rings. The van der Waals surface area contributed by atoms with Gasteiger partial charge in [0.1, 0.15) is 0 Å². The Kier molecular flexibility index (Phi) is 5.06. The van der Waals surface area contributed by atoms with Gasteiger partial charge in [-0.25, -0.2) is 17.9 Å². The zero-order valence-corrected chi connectivity index (χ0v) is 13.8. The van der Waals surface area contributed by atoms with Crippen molar-refractivity contribution in [3.8, 4) is 0 Å². The Bertz CT molecular complexity index is 687. The zero-order valence-electron chi connectivity index (χ0n) is 12.9. The van der Waals surface area contributed by atoms with E-state index in [1.807, 2.05) is 6.07 Å². The van der Waals surface area contributed by atoms with E-state index in [4.69, 9.17) is 9.47 Å². The second kappa shape index (κ2) is 6.67. The summed E-state index contributed by atoms with van der Waals surface area (Å²) in [6.07, 6.45) is 1.29. The van der Waals surface area contributed by atoms with Gasteiger partial charge in [-0.15, -0.1) is 0 Å². The average molecular weight is 341 g/mol. The number of hydrogen-bond acceptors (Lipinski definition) is 6. The minimum Gasteiger partial charge on any atom is -0.466 e. The van der Waals surface area contributed by atoms with Crippen LogP contribution in [0.25, 0.3) is 0 Å². The summed E-state index contributed by atoms with van der Waals surface area (Å²) in [6.45, 7) is 0. The third kappa shape index (κ3) is 4.08. The van der Waals surface area contributed by atoms with Crippen molar-refractivity contribution >= 4 is 22.0 Å². The molecule has 1 aliphatic rings. The number of ether oxygens (including phenoxy) is 2. The van der Waals surface area contributed by atoms with Crippen LogP contribution in [0.2, 0.25) is 0 Å². The van der Waals surface area contributed by atoms with Crippen LogP contribution in [0.15, 0.2) is 30.3 Å². The molecule has 0 bridgehead atoms. The summed E-state index contributed by atoms with van der Waals surface area (Å²) < 4.78 is 35.9. The predicted molar refractivity (Wildman–Crippen MR) is 82.0 cm³/mol. The first-order valence-corrected chi connectivity index (χ1v) is 8.97. The number of rotatable bonds is 6. The molecule has 0 spiro atoms. The standard InChI is InChI=1S/C15H19NO6S/c1-21-14(18)15(9-8-13(17)22-15)12(16-23(2,19)20)10-11-6-4-3-5-7-11/h3-7,12,16H,8-10H2,1-2H3. The lowest BCUT2D eigenvalue weighted by atomic mass is 9.87. The van der Waals surface area contributed by atoms with Gasteiger partial charge in [-0.05, 0) is 12.0 Å². The van der Waals surface area contributed by atoms with Crippen LogP contribution in [0.4, 0.5) is 0 Å². The summed E-state index contributed by atoms with van der Waals surface area (Å²) in [6, 6.07) is 8.10. The number of carbonyl (C=O) groups excluding carboxylic acids is 2. The number of carbonyl (C=O) groups is 2. The van der Waals surface area contributed by atoms with Gasteiger partial charge in [-0.1, -0.05) is 30.3 Å². The first kappa shape index (κ1) is 17.4. The van der Waals surface area contributed by atoms with Gasteiger partial charge >= 0.3 is 11.9 Å². The van der Waals surface area contributed by atoms with Crippen molar-refractivity contribution in [2.75, 3.05) is 13.4 Å². The summed E-state index contributed by atoms with van der Waals surface area (Å²) in [5.41, 5.74) is -0.843. The van der Waals surface area contributed by atoms with Crippen molar-refractivity contribution in [3.63, 3.8) is 0 Å². The van der Waals surface area contributed by atoms with E-state index in [1.165, 1.54) is 7.11 Å². The molecule has 1 heterocycles. The largest absolute Gasteiger partial charge is 0.466 e. The maximum atomic E-state index is 12.3. The number of methoxy groups -OCH3 is 1. The first-order chi connectivity index (χ1) is 10.8. The lowest BCUT2D eigenvalue weighted by molar-refractivity contribution is -0.175. The number of cyclic esters (lactones) is 1. The molecule has 7 nitrogen and oxygen atoms in total. The second-order valence-corrected chi connectivity index (χ2v) is 7.27. The van der Waals surface area contributed by atoms with Crippen molar-refractivity contribution < 1.29 is 27.5 Å². The van der Waals surface area contributed by atoms with Gasteiger partial charge in [-0.2, -0.15) is 0 Å². The summed E-state index contributed by atoms with van der Waals surface area (Å²) in [5.74, 6) is -1.32. The molecule has 0 aromatic heterocycles. The maximum absolute atomic E-state index is 12.3. The number of hydrogen-bond donors (Lipinski definition) is 1. The molecule has 1 aromatic carbocycles. The quantitative estimate of drug-likeness (QED) is 0.752. The predicted octanol–water partition coefficient (Wildman–Crippen LogP) is 0.396. The van der Waals surface area contributed by atoms with E-state index in [9.17, 15) is 18.0 Å². The van der Waals surface area contributed by atoms with Crippen molar-refractivity contribution in [2.24, 2.45) is 0 Å². The molecule has 8 heteroatoms. The second-order valence-electron chi connectivity index (χ2n) is 5.49. The van der Waals surface area contributed by atoms with Gasteiger partial charge < -0.3 is 9.47 Å². The molecule has 0 saturated carbocycles. The minimum atomic E-state index is -3.63. The Morgan fingerprint density at radius 3 is 2.52 bits per heavy atom. The molecular weight excluding hydrogens is 322 g/mol. The SMILES string of the molecule is COC(=O)C1(C(Cc2ccccc2)NS(C)(=O)=O)CCC(=O)O1. The Balaban J connectivity index is 2.41. The number of sulfonamides is 1. The molecule has 2 unspecified atom stereocenters. The maximum Gasteiger partial charge on any atom is 0.352 e. The molecule has 0 radical (unpaired) electrons. The molecule has 1 N–H and O–H groups in total. The monoisotopic (exact) mass is 341 g/mol. The topological polar surface area (TPSA) is 98.8 Å². The van der Waals surface area contributed by atoms with E-state index in [1.54, 1.807) is 24.3 Å². The van der Waals surface area contributed by atoms with E-state index in [0.29, 0.717) is 0 Å². The smallest absolute Gasteiger partial charge is 0.352 e. The highest BCUT2D eigenvalue weighted by atomic mass is 32.2. The molecule has 0 aliphatic carbocycles. The summed E-state index contributed by atoms with van der Waals surface area (Å²) in [4.78, 5) is 23.9. The average Bonchev–Trinajstić information content (AvgIpc) is 2.89. The summed E-state index contributed by atoms with van der Waals surface area (Å²) >= 11 is 0. The highest BCUT2D eigenvalue weighted by molar-refractivity contribution is 7.88. The lowest BCUT2D eigenvalue weighted by Gasteiger charge is -2.33. The molecule has 2 rings (SSSR count). The van der Waals surface area contributed by atoms with Gasteiger partial charge in [0.2, 0.25) is 15.6 Å². The van der Waals surface area contributed by atoms with Gasteiger partial charge in [0, 0.05) is 6.42 Å². The van der Waals surface area contributed by atoms with Gasteiger partial charge in [0.25, 0.3) is 0 Å². The third-order valence-corrected chi connectivity index (χ3v) is 4.44. The van der Waals surface area contributed by atoms with Crippen molar-refractivity contribution in [1.82, 2.24) is 4.72 Å². The normalized spacial score (nSPS) is 22.4. The lowest BCUT2D eigenvalue weighted by Crippen LogP contribution is -2.58. The fraction of sp³-hybridized carbons (Fsp3) is 0.467.